The van der Waals surface area contributed by atoms with Crippen LogP contribution in [0.1, 0.15) is 84.2 Å². The van der Waals surface area contributed by atoms with Crippen LogP contribution < -0.4 is 4.90 Å². The van der Waals surface area contributed by atoms with E-state index in [4.69, 9.17) is 29.9 Å². The van der Waals surface area contributed by atoms with Crippen molar-refractivity contribution in [3.63, 3.8) is 0 Å². The first-order valence-corrected chi connectivity index (χ1v) is 22.0. The Morgan fingerprint density at radius 3 is 0.829 bits per heavy atom. The van der Waals surface area contributed by atoms with Crippen LogP contribution in [0.3, 0.4) is 0 Å². The zero-order valence-corrected chi connectivity index (χ0v) is 35.4. The maximum Gasteiger partial charge on any atom is 0.417 e. The summed E-state index contributed by atoms with van der Waals surface area (Å²) in [6.45, 7) is 0. The number of benzene rings is 3. The van der Waals surface area contributed by atoms with E-state index in [0.29, 0.717) is 84.2 Å². The number of halogens is 9. The summed E-state index contributed by atoms with van der Waals surface area (Å²) in [5.41, 5.74) is 1.02. The molecule has 0 saturated carbocycles. The monoisotopic (exact) mass is 941 g/mol. The summed E-state index contributed by atoms with van der Waals surface area (Å²) in [6.07, 6.45) is -7.15. The maximum absolute atomic E-state index is 14.7. The highest BCUT2D eigenvalue weighted by molar-refractivity contribution is 6.06. The Morgan fingerprint density at radius 2 is 0.571 bits per heavy atom. The second-order valence-electron chi connectivity index (χ2n) is 18.2. The second-order valence-corrected chi connectivity index (χ2v) is 18.2. The van der Waals surface area contributed by atoms with Gasteiger partial charge in [0.2, 0.25) is 0 Å². The molecule has 15 rings (SSSR count). The van der Waals surface area contributed by atoms with Gasteiger partial charge in [-0.1, -0.05) is 72.8 Å². The Kier molecular flexibility index (Phi) is 6.97. The number of hydrogen-bond donors (Lipinski definition) is 0. The number of rotatable bonds is 0. The molecule has 3 aliphatic carbocycles. The predicted molar refractivity (Wildman–Crippen MR) is 235 cm³/mol. The number of fused-ring (bicyclic) bond motifs is 21. The zero-order valence-electron chi connectivity index (χ0n) is 35.4. The minimum Gasteiger partial charge on any atom is -0.308 e. The van der Waals surface area contributed by atoms with E-state index in [0.717, 1.165) is 36.8 Å². The highest BCUT2D eigenvalue weighted by Gasteiger charge is 2.66. The molecular formula is C54H24F9N7. The first kappa shape index (κ1) is 39.7. The van der Waals surface area contributed by atoms with Gasteiger partial charge in [-0.2, -0.15) is 39.5 Å². The van der Waals surface area contributed by atoms with Gasteiger partial charge in [-0.05, 0) is 69.8 Å². The fourth-order valence-corrected chi connectivity index (χ4v) is 12.9. The van der Waals surface area contributed by atoms with Gasteiger partial charge >= 0.3 is 18.5 Å². The first-order valence-electron chi connectivity index (χ1n) is 22.0. The molecule has 9 heterocycles. The number of aromatic nitrogens is 6. The molecule has 0 atom stereocenters. The maximum atomic E-state index is 14.7. The van der Waals surface area contributed by atoms with Gasteiger partial charge in [0.1, 0.15) is 16.2 Å². The van der Waals surface area contributed by atoms with E-state index >= 15 is 0 Å². The lowest BCUT2D eigenvalue weighted by molar-refractivity contribution is -0.138. The fraction of sp³-hybridized carbons (Fsp3) is 0.111. The van der Waals surface area contributed by atoms with E-state index in [-0.39, 0.29) is 33.8 Å². The number of nitrogens with zero attached hydrogens (tertiary/aromatic N) is 7. The highest BCUT2D eigenvalue weighted by atomic mass is 19.4. The molecule has 6 aliphatic rings. The normalized spacial score (nSPS) is 20.8. The molecule has 6 aromatic heterocycles. The Bertz CT molecular complexity index is 3450. The van der Waals surface area contributed by atoms with Gasteiger partial charge in [0.25, 0.3) is 0 Å². The smallest absolute Gasteiger partial charge is 0.308 e. The third-order valence-corrected chi connectivity index (χ3v) is 15.3. The number of para-hydroxylation sites is 3. The van der Waals surface area contributed by atoms with Gasteiger partial charge in [-0.25, -0.2) is 0 Å². The standard InChI is InChI=1S/C54H24F9N7/c55-52(56,57)25-19-31-28-7-4-16-64-43(28)49(46(31)67-22-25)34-10-1-11-35-40(34)70-41-36(49)12-2-14-38(41)51(45-30(9-6-18-66-45)33-21-27(54(61,62)63)24-69-48(33)51)39-15-3-13-37(42(39)70)50(35)44-29(8-5-17-65-44)32-20-26(53(58,59)60)23-68-47(32)50/h1-24H. The van der Waals surface area contributed by atoms with Gasteiger partial charge in [0, 0.05) is 70.6 Å². The third-order valence-electron chi connectivity index (χ3n) is 15.3. The molecule has 0 N–H and O–H groups in total. The number of anilines is 3. The Hall–Kier alpha value is -8.27. The Morgan fingerprint density at radius 1 is 0.314 bits per heavy atom. The minimum absolute atomic E-state index is 0.192. The molecule has 0 saturated heterocycles. The molecule has 70 heavy (non-hydrogen) atoms. The molecule has 0 amide bonds. The van der Waals surface area contributed by atoms with Crippen molar-refractivity contribution in [2.45, 2.75) is 34.8 Å². The van der Waals surface area contributed by atoms with Crippen LogP contribution in [0.2, 0.25) is 0 Å². The number of pyridine rings is 6. The molecule has 0 bridgehead atoms. The van der Waals surface area contributed by atoms with E-state index in [2.05, 4.69) is 4.90 Å². The van der Waals surface area contributed by atoms with E-state index in [9.17, 15) is 39.5 Å². The minimum atomic E-state index is -4.76. The van der Waals surface area contributed by atoms with Crippen LogP contribution in [-0.2, 0) is 34.8 Å². The summed E-state index contributed by atoms with van der Waals surface area (Å²) in [5.74, 6) is 0. The van der Waals surface area contributed by atoms with Crippen molar-refractivity contribution < 1.29 is 39.5 Å². The summed E-state index contributed by atoms with van der Waals surface area (Å²) in [5, 5.41) is 0. The van der Waals surface area contributed by atoms with Crippen LogP contribution in [0.25, 0.3) is 33.4 Å². The third kappa shape index (κ3) is 4.27. The van der Waals surface area contributed by atoms with Crippen LogP contribution in [0.15, 0.2) is 146 Å². The van der Waals surface area contributed by atoms with Crippen molar-refractivity contribution in [3.05, 3.63) is 231 Å². The quantitative estimate of drug-likeness (QED) is 0.140. The average Bonchev–Trinajstić information content (AvgIpc) is 3.94. The molecule has 3 aromatic carbocycles. The molecule has 7 nitrogen and oxygen atoms in total. The molecule has 338 valence electrons. The van der Waals surface area contributed by atoms with E-state index in [1.807, 2.05) is 54.6 Å². The summed E-state index contributed by atoms with van der Waals surface area (Å²) < 4.78 is 132. The Labute approximate surface area is 389 Å². The molecule has 0 unspecified atom stereocenters. The fourth-order valence-electron chi connectivity index (χ4n) is 12.9. The van der Waals surface area contributed by atoms with Crippen molar-refractivity contribution in [3.8, 4) is 33.4 Å². The predicted octanol–water partition coefficient (Wildman–Crippen LogP) is 12.6. The summed E-state index contributed by atoms with van der Waals surface area (Å²) >= 11 is 0. The SMILES string of the molecule is FC(F)(F)c1cnc2c(c1)-c1cccnc1C21c2cccc3c2N2c4c1cccc4C1(c4cccc(c42)C32c3ncccc3-c3cc(C(F)(F)F)cnc32)c2ncccc2-c2cc(C(F)(F)F)cnc21. The van der Waals surface area contributed by atoms with Crippen molar-refractivity contribution in [1.82, 2.24) is 29.9 Å². The van der Waals surface area contributed by atoms with E-state index in [1.165, 1.54) is 0 Å². The van der Waals surface area contributed by atoms with Gasteiger partial charge in [0.15, 0.2) is 0 Å². The molecule has 9 aromatic rings. The first-order chi connectivity index (χ1) is 33.6. The van der Waals surface area contributed by atoms with Crippen LogP contribution >= 0.6 is 0 Å². The van der Waals surface area contributed by atoms with Crippen molar-refractivity contribution in [2.75, 3.05) is 4.90 Å². The second kappa shape index (κ2) is 12.3. The summed E-state index contributed by atoms with van der Waals surface area (Å²) in [6, 6.07) is 30.0. The molecule has 3 spiro atoms. The highest BCUT2D eigenvalue weighted by Crippen LogP contribution is 2.75. The van der Waals surface area contributed by atoms with Crippen molar-refractivity contribution in [2.24, 2.45) is 0 Å². The molecule has 16 heteroatoms. The molecular weight excluding hydrogens is 918 g/mol. The van der Waals surface area contributed by atoms with Crippen LogP contribution in [0.4, 0.5) is 56.6 Å². The topological polar surface area (TPSA) is 80.6 Å². The van der Waals surface area contributed by atoms with Crippen LogP contribution in [0, 0.1) is 0 Å². The van der Waals surface area contributed by atoms with Gasteiger partial charge in [-0.3, -0.25) is 29.9 Å². The summed E-state index contributed by atoms with van der Waals surface area (Å²) in [7, 11) is 0. The summed E-state index contributed by atoms with van der Waals surface area (Å²) in [4.78, 5) is 31.4. The average molecular weight is 942 g/mol. The lowest BCUT2D eigenvalue weighted by Gasteiger charge is -2.55. The molecule has 3 aliphatic heterocycles. The molecule has 0 fully saturated rings. The number of alkyl halides is 9. The van der Waals surface area contributed by atoms with Crippen LogP contribution in [0.5, 0.6) is 0 Å². The number of hydrogen-bond acceptors (Lipinski definition) is 7. The van der Waals surface area contributed by atoms with Crippen LogP contribution in [-0.4, -0.2) is 29.9 Å². The van der Waals surface area contributed by atoms with Gasteiger partial charge in [0.05, 0.1) is 67.9 Å². The van der Waals surface area contributed by atoms with Crippen molar-refractivity contribution >= 4 is 17.1 Å². The van der Waals surface area contributed by atoms with E-state index < -0.39 is 51.5 Å². The zero-order chi connectivity index (χ0) is 47.6. The molecule has 0 radical (unpaired) electrons. The van der Waals surface area contributed by atoms with Gasteiger partial charge in [-0.15, -0.1) is 0 Å². The Balaban J connectivity index is 1.18. The van der Waals surface area contributed by atoms with Gasteiger partial charge < -0.3 is 4.90 Å². The lowest BCUT2D eigenvalue weighted by atomic mass is 9.56. The van der Waals surface area contributed by atoms with E-state index in [1.54, 1.807) is 55.0 Å². The largest absolute Gasteiger partial charge is 0.417 e. The lowest BCUT2D eigenvalue weighted by Crippen LogP contribution is -2.48. The van der Waals surface area contributed by atoms with Crippen molar-refractivity contribution in [1.29, 1.82) is 0 Å².